The zero-order valence-electron chi connectivity index (χ0n) is 8.23. The van der Waals surface area contributed by atoms with Gasteiger partial charge in [-0.1, -0.05) is 6.07 Å². The molecule has 4 nitrogen and oxygen atoms in total. The van der Waals surface area contributed by atoms with Crippen LogP contribution < -0.4 is 5.32 Å². The molecule has 0 bridgehead atoms. The molecular formula is C11H12N2O2. The van der Waals surface area contributed by atoms with Crippen molar-refractivity contribution >= 4 is 11.1 Å². The predicted octanol–water partition coefficient (Wildman–Crippen LogP) is 1.01. The fraction of sp³-hybridized carbons (Fsp3) is 0.364. The third-order valence-electron chi connectivity index (χ3n) is 3.00. The molecule has 1 aromatic carbocycles. The summed E-state index contributed by atoms with van der Waals surface area (Å²) >= 11 is 0. The van der Waals surface area contributed by atoms with Gasteiger partial charge >= 0.3 is 0 Å². The van der Waals surface area contributed by atoms with Crippen LogP contribution in [-0.4, -0.2) is 23.2 Å². The Kier molecular flexibility index (Phi) is 1.81. The lowest BCUT2D eigenvalue weighted by Gasteiger charge is -2.21. The number of β-amino-alcohol motifs (C(OH)–C–C–N with tert-alkyl or cyclic N) is 1. The van der Waals surface area contributed by atoms with Crippen LogP contribution in [0.4, 0.5) is 0 Å². The summed E-state index contributed by atoms with van der Waals surface area (Å²) in [5.74, 6) is 0. The molecule has 4 heteroatoms. The van der Waals surface area contributed by atoms with Crippen molar-refractivity contribution in [2.75, 3.05) is 13.1 Å². The molecule has 1 aliphatic heterocycles. The molecule has 78 valence electrons. The lowest BCUT2D eigenvalue weighted by Crippen LogP contribution is -2.28. The number of aromatic nitrogens is 1. The molecular weight excluding hydrogens is 192 g/mol. The van der Waals surface area contributed by atoms with Crippen LogP contribution in [0.5, 0.6) is 0 Å². The van der Waals surface area contributed by atoms with Crippen LogP contribution in [0.2, 0.25) is 0 Å². The summed E-state index contributed by atoms with van der Waals surface area (Å²) in [5, 5.41) is 13.5. The Balaban J connectivity index is 2.10. The van der Waals surface area contributed by atoms with E-state index in [0.717, 1.165) is 29.6 Å². The minimum absolute atomic E-state index is 0.604. The highest BCUT2D eigenvalue weighted by atomic mass is 16.3. The van der Waals surface area contributed by atoms with Crippen LogP contribution in [0, 0.1) is 0 Å². The number of oxazole rings is 1. The van der Waals surface area contributed by atoms with Gasteiger partial charge in [-0.3, -0.25) is 0 Å². The van der Waals surface area contributed by atoms with Gasteiger partial charge in [-0.2, -0.15) is 0 Å². The van der Waals surface area contributed by atoms with Gasteiger partial charge in [0.25, 0.3) is 0 Å². The molecule has 0 saturated carbocycles. The second kappa shape index (κ2) is 3.05. The Morgan fingerprint density at radius 3 is 3.20 bits per heavy atom. The highest BCUT2D eigenvalue weighted by Crippen LogP contribution is 2.29. The fourth-order valence-corrected chi connectivity index (χ4v) is 2.07. The summed E-state index contributed by atoms with van der Waals surface area (Å²) in [4.78, 5) is 4.05. The van der Waals surface area contributed by atoms with Gasteiger partial charge in [0.05, 0.1) is 0 Å². The van der Waals surface area contributed by atoms with Crippen LogP contribution in [0.1, 0.15) is 12.0 Å². The van der Waals surface area contributed by atoms with E-state index in [1.54, 1.807) is 0 Å². The molecule has 1 aliphatic rings. The molecule has 0 spiro atoms. The second-order valence-electron chi connectivity index (χ2n) is 3.99. The molecule has 0 radical (unpaired) electrons. The molecule has 0 amide bonds. The van der Waals surface area contributed by atoms with Crippen molar-refractivity contribution < 1.29 is 9.52 Å². The molecule has 3 rings (SSSR count). The Bertz CT molecular complexity index is 486. The maximum atomic E-state index is 10.3. The third kappa shape index (κ3) is 1.33. The van der Waals surface area contributed by atoms with Gasteiger partial charge < -0.3 is 14.8 Å². The zero-order chi connectivity index (χ0) is 10.3. The van der Waals surface area contributed by atoms with Gasteiger partial charge in [0.1, 0.15) is 11.1 Å². The first-order valence-electron chi connectivity index (χ1n) is 5.05. The summed E-state index contributed by atoms with van der Waals surface area (Å²) in [6.45, 7) is 1.46. The Hall–Kier alpha value is -1.39. The van der Waals surface area contributed by atoms with Crippen molar-refractivity contribution in [3.05, 3.63) is 30.2 Å². The van der Waals surface area contributed by atoms with Crippen molar-refractivity contribution in [3.8, 4) is 0 Å². The molecule has 1 unspecified atom stereocenters. The molecule has 1 atom stereocenters. The van der Waals surface area contributed by atoms with Crippen molar-refractivity contribution in [2.24, 2.45) is 0 Å². The maximum absolute atomic E-state index is 10.3. The smallest absolute Gasteiger partial charge is 0.181 e. The SMILES string of the molecule is OC1(c2ccc3ncoc3c2)CCNC1. The average molecular weight is 204 g/mol. The standard InChI is InChI=1S/C11H12N2O2/c14-11(3-4-12-6-11)8-1-2-9-10(5-8)15-7-13-9/h1-2,5,7,12,14H,3-4,6H2. The largest absolute Gasteiger partial charge is 0.443 e. The number of fused-ring (bicyclic) bond motifs is 1. The average Bonchev–Trinajstić information content (AvgIpc) is 2.85. The van der Waals surface area contributed by atoms with Crippen molar-refractivity contribution in [1.29, 1.82) is 0 Å². The monoisotopic (exact) mass is 204 g/mol. The summed E-state index contributed by atoms with van der Waals surface area (Å²) in [6.07, 6.45) is 2.16. The number of hydrogen-bond donors (Lipinski definition) is 2. The van der Waals surface area contributed by atoms with E-state index >= 15 is 0 Å². The van der Waals surface area contributed by atoms with E-state index in [2.05, 4.69) is 10.3 Å². The Labute approximate surface area is 86.9 Å². The molecule has 1 fully saturated rings. The molecule has 15 heavy (non-hydrogen) atoms. The maximum Gasteiger partial charge on any atom is 0.181 e. The molecule has 0 aliphatic carbocycles. The summed E-state index contributed by atoms with van der Waals surface area (Å²) in [7, 11) is 0. The van der Waals surface area contributed by atoms with Crippen LogP contribution in [0.3, 0.4) is 0 Å². The minimum Gasteiger partial charge on any atom is -0.443 e. The lowest BCUT2D eigenvalue weighted by atomic mass is 9.93. The van der Waals surface area contributed by atoms with Gasteiger partial charge in [0.2, 0.25) is 0 Å². The normalized spacial score (nSPS) is 26.2. The van der Waals surface area contributed by atoms with E-state index in [9.17, 15) is 5.11 Å². The number of rotatable bonds is 1. The minimum atomic E-state index is -0.749. The van der Waals surface area contributed by atoms with Gasteiger partial charge in [0, 0.05) is 6.54 Å². The first-order chi connectivity index (χ1) is 7.28. The van der Waals surface area contributed by atoms with E-state index < -0.39 is 5.60 Å². The number of benzene rings is 1. The quantitative estimate of drug-likeness (QED) is 0.727. The van der Waals surface area contributed by atoms with Gasteiger partial charge in [-0.15, -0.1) is 0 Å². The van der Waals surface area contributed by atoms with Gasteiger partial charge in [-0.25, -0.2) is 4.98 Å². The first kappa shape index (κ1) is 8.88. The second-order valence-corrected chi connectivity index (χ2v) is 3.99. The van der Waals surface area contributed by atoms with Crippen LogP contribution >= 0.6 is 0 Å². The highest BCUT2D eigenvalue weighted by molar-refractivity contribution is 5.73. The van der Waals surface area contributed by atoms with E-state index in [0.29, 0.717) is 6.54 Å². The number of nitrogens with one attached hydrogen (secondary N) is 1. The van der Waals surface area contributed by atoms with Crippen molar-refractivity contribution in [2.45, 2.75) is 12.0 Å². The van der Waals surface area contributed by atoms with E-state index in [1.807, 2.05) is 18.2 Å². The summed E-state index contributed by atoms with van der Waals surface area (Å²) in [5.41, 5.74) is 1.71. The summed E-state index contributed by atoms with van der Waals surface area (Å²) < 4.78 is 5.22. The zero-order valence-corrected chi connectivity index (χ0v) is 8.23. The van der Waals surface area contributed by atoms with E-state index in [-0.39, 0.29) is 0 Å². The Morgan fingerprint density at radius 2 is 2.40 bits per heavy atom. The van der Waals surface area contributed by atoms with Crippen molar-refractivity contribution in [1.82, 2.24) is 10.3 Å². The predicted molar refractivity (Wildman–Crippen MR) is 55.4 cm³/mol. The van der Waals surface area contributed by atoms with Gasteiger partial charge in [0.15, 0.2) is 12.0 Å². The number of hydrogen-bond acceptors (Lipinski definition) is 4. The fourth-order valence-electron chi connectivity index (χ4n) is 2.07. The molecule has 2 aromatic rings. The topological polar surface area (TPSA) is 58.3 Å². The van der Waals surface area contributed by atoms with Crippen LogP contribution in [0.25, 0.3) is 11.1 Å². The summed E-state index contributed by atoms with van der Waals surface area (Å²) in [6, 6.07) is 5.66. The van der Waals surface area contributed by atoms with E-state index in [1.165, 1.54) is 6.39 Å². The van der Waals surface area contributed by atoms with Gasteiger partial charge in [-0.05, 0) is 30.7 Å². The number of nitrogens with zero attached hydrogens (tertiary/aromatic N) is 1. The lowest BCUT2D eigenvalue weighted by molar-refractivity contribution is 0.0588. The third-order valence-corrected chi connectivity index (χ3v) is 3.00. The molecule has 1 saturated heterocycles. The first-order valence-corrected chi connectivity index (χ1v) is 5.05. The van der Waals surface area contributed by atoms with Crippen LogP contribution in [-0.2, 0) is 5.60 Å². The molecule has 2 N–H and O–H groups in total. The molecule has 1 aromatic heterocycles. The Morgan fingerprint density at radius 1 is 1.47 bits per heavy atom. The van der Waals surface area contributed by atoms with Crippen molar-refractivity contribution in [3.63, 3.8) is 0 Å². The number of aliphatic hydroxyl groups is 1. The highest BCUT2D eigenvalue weighted by Gasteiger charge is 2.33. The van der Waals surface area contributed by atoms with E-state index in [4.69, 9.17) is 4.42 Å². The van der Waals surface area contributed by atoms with Crippen LogP contribution in [0.15, 0.2) is 29.0 Å². The molecule has 2 heterocycles.